The molecule has 5 rings (SSSR count). The normalized spacial score (nSPS) is 20.9. The first-order valence-corrected chi connectivity index (χ1v) is 9.84. The molecule has 3 aromatic rings. The number of hydrogen-bond acceptors (Lipinski definition) is 5. The average Bonchev–Trinajstić information content (AvgIpc) is 3.06. The van der Waals surface area contributed by atoms with Crippen molar-refractivity contribution in [2.24, 2.45) is 0 Å². The third-order valence-corrected chi connectivity index (χ3v) is 6.20. The van der Waals surface area contributed by atoms with E-state index >= 15 is 0 Å². The van der Waals surface area contributed by atoms with Gasteiger partial charge in [0, 0.05) is 36.5 Å². The molecule has 0 saturated carbocycles. The number of aromatic nitrogens is 4. The summed E-state index contributed by atoms with van der Waals surface area (Å²) >= 11 is 0. The summed E-state index contributed by atoms with van der Waals surface area (Å²) < 4.78 is 1.39. The second-order valence-corrected chi connectivity index (χ2v) is 7.99. The fourth-order valence-electron chi connectivity index (χ4n) is 4.81. The number of carbonyl (C=O) groups excluding carboxylic acids is 1. The molecule has 29 heavy (non-hydrogen) atoms. The second-order valence-electron chi connectivity index (χ2n) is 7.99. The Bertz CT molecular complexity index is 1260. The van der Waals surface area contributed by atoms with Gasteiger partial charge in [-0.25, -0.2) is 9.97 Å². The number of H-pyrrole nitrogens is 1. The minimum atomic E-state index is -0.363. The first-order chi connectivity index (χ1) is 14.0. The van der Waals surface area contributed by atoms with E-state index in [2.05, 4.69) is 15.0 Å². The standard InChI is InChI=1S/C21H21N5O3/c1-13-23-17-14(18(27)24-13)6-8-21(17)7-4-9-25(12-21)19(28)15-11-22-16-5-2-3-10-26(16)20(15)29/h2-3,5,10-11H,4,6-9,12H2,1H3,(H,23,24,27). The highest BCUT2D eigenvalue weighted by atomic mass is 16.2. The number of nitrogens with zero attached hydrogens (tertiary/aromatic N) is 4. The highest BCUT2D eigenvalue weighted by Crippen LogP contribution is 2.43. The maximum atomic E-state index is 13.2. The summed E-state index contributed by atoms with van der Waals surface area (Å²) in [5, 5.41) is 0. The van der Waals surface area contributed by atoms with Gasteiger partial charge in [0.2, 0.25) is 0 Å². The summed E-state index contributed by atoms with van der Waals surface area (Å²) in [6, 6.07) is 5.26. The predicted molar refractivity (Wildman–Crippen MR) is 106 cm³/mol. The van der Waals surface area contributed by atoms with Gasteiger partial charge in [0.1, 0.15) is 17.0 Å². The van der Waals surface area contributed by atoms with Crippen molar-refractivity contribution in [2.75, 3.05) is 13.1 Å². The van der Waals surface area contributed by atoms with Crippen molar-refractivity contribution in [1.82, 2.24) is 24.3 Å². The van der Waals surface area contributed by atoms with Crippen LogP contribution in [0.2, 0.25) is 0 Å². The van der Waals surface area contributed by atoms with E-state index in [9.17, 15) is 14.4 Å². The lowest BCUT2D eigenvalue weighted by Gasteiger charge is -2.40. The molecule has 4 heterocycles. The Kier molecular flexibility index (Phi) is 3.90. The summed E-state index contributed by atoms with van der Waals surface area (Å²) in [4.78, 5) is 51.8. The fourth-order valence-corrected chi connectivity index (χ4v) is 4.81. The van der Waals surface area contributed by atoms with E-state index in [0.717, 1.165) is 30.5 Å². The summed E-state index contributed by atoms with van der Waals surface area (Å²) in [5.74, 6) is 0.283. The molecule has 1 unspecified atom stereocenters. The molecule has 1 aliphatic heterocycles. The first kappa shape index (κ1) is 17.8. The summed E-state index contributed by atoms with van der Waals surface area (Å²) in [6.45, 7) is 2.82. The third kappa shape index (κ3) is 2.70. The van der Waals surface area contributed by atoms with Crippen molar-refractivity contribution < 1.29 is 4.79 Å². The zero-order chi connectivity index (χ0) is 20.2. The molecule has 148 valence electrons. The maximum Gasteiger partial charge on any atom is 0.270 e. The summed E-state index contributed by atoms with van der Waals surface area (Å²) in [7, 11) is 0. The second kappa shape index (κ2) is 6.37. The van der Waals surface area contributed by atoms with Gasteiger partial charge in [-0.15, -0.1) is 0 Å². The molecular weight excluding hydrogens is 370 g/mol. The van der Waals surface area contributed by atoms with Crippen molar-refractivity contribution >= 4 is 11.6 Å². The lowest BCUT2D eigenvalue weighted by atomic mass is 9.77. The maximum absolute atomic E-state index is 13.2. The molecule has 1 spiro atoms. The number of piperidine rings is 1. The number of rotatable bonds is 1. The number of amides is 1. The molecule has 8 heteroatoms. The Morgan fingerprint density at radius 1 is 1.24 bits per heavy atom. The average molecular weight is 391 g/mol. The van der Waals surface area contributed by atoms with Crippen LogP contribution in [0.4, 0.5) is 0 Å². The Morgan fingerprint density at radius 3 is 2.97 bits per heavy atom. The van der Waals surface area contributed by atoms with E-state index in [1.54, 1.807) is 36.2 Å². The minimum Gasteiger partial charge on any atom is -0.337 e. The van der Waals surface area contributed by atoms with E-state index in [4.69, 9.17) is 0 Å². The van der Waals surface area contributed by atoms with E-state index in [0.29, 0.717) is 31.0 Å². The highest BCUT2D eigenvalue weighted by Gasteiger charge is 2.45. The Hall–Kier alpha value is -3.29. The number of fused-ring (bicyclic) bond motifs is 3. The predicted octanol–water partition coefficient (Wildman–Crippen LogP) is 1.21. The Labute approximate surface area is 166 Å². The van der Waals surface area contributed by atoms with Gasteiger partial charge in [0.25, 0.3) is 17.0 Å². The van der Waals surface area contributed by atoms with E-state index in [1.807, 2.05) is 0 Å². The van der Waals surface area contributed by atoms with Crippen molar-refractivity contribution in [1.29, 1.82) is 0 Å². The first-order valence-electron chi connectivity index (χ1n) is 9.84. The van der Waals surface area contributed by atoms with Crippen LogP contribution in [0.3, 0.4) is 0 Å². The number of hydrogen-bond donors (Lipinski definition) is 1. The topological polar surface area (TPSA) is 100 Å². The van der Waals surface area contributed by atoms with Gasteiger partial charge in [0.15, 0.2) is 0 Å². The lowest BCUT2D eigenvalue weighted by molar-refractivity contribution is 0.0631. The Balaban J connectivity index is 1.52. The van der Waals surface area contributed by atoms with Gasteiger partial charge in [-0.2, -0.15) is 0 Å². The molecule has 1 N–H and O–H groups in total. The molecule has 0 radical (unpaired) electrons. The van der Waals surface area contributed by atoms with Crippen molar-refractivity contribution in [3.05, 3.63) is 73.9 Å². The van der Waals surface area contributed by atoms with E-state index < -0.39 is 0 Å². The number of aryl methyl sites for hydroxylation is 1. The Morgan fingerprint density at radius 2 is 2.10 bits per heavy atom. The summed E-state index contributed by atoms with van der Waals surface area (Å²) in [6.07, 6.45) is 6.14. The molecule has 1 fully saturated rings. The largest absolute Gasteiger partial charge is 0.337 e. The monoisotopic (exact) mass is 391 g/mol. The quantitative estimate of drug-likeness (QED) is 0.672. The van der Waals surface area contributed by atoms with Crippen LogP contribution in [-0.2, 0) is 11.8 Å². The van der Waals surface area contributed by atoms with Crippen molar-refractivity contribution in [2.45, 2.75) is 38.0 Å². The zero-order valence-corrected chi connectivity index (χ0v) is 16.1. The molecule has 1 aliphatic carbocycles. The molecule has 3 aromatic heterocycles. The SMILES string of the molecule is Cc1nc2c(c(=O)[nH]1)CCC21CCCN(C(=O)c2cnc3ccccn3c2=O)C1. The highest BCUT2D eigenvalue weighted by molar-refractivity contribution is 5.94. The fraction of sp³-hybridized carbons (Fsp3) is 0.381. The number of carbonyl (C=O) groups is 1. The lowest BCUT2D eigenvalue weighted by Crippen LogP contribution is -2.49. The van der Waals surface area contributed by atoms with Crippen LogP contribution >= 0.6 is 0 Å². The molecule has 0 aromatic carbocycles. The van der Waals surface area contributed by atoms with Crippen molar-refractivity contribution in [3.8, 4) is 0 Å². The van der Waals surface area contributed by atoms with Gasteiger partial charge in [-0.3, -0.25) is 18.8 Å². The van der Waals surface area contributed by atoms with Crippen molar-refractivity contribution in [3.63, 3.8) is 0 Å². The smallest absolute Gasteiger partial charge is 0.270 e. The van der Waals surface area contributed by atoms with Crippen LogP contribution < -0.4 is 11.1 Å². The van der Waals surface area contributed by atoms with Crippen LogP contribution in [0.25, 0.3) is 5.65 Å². The van der Waals surface area contributed by atoms with Gasteiger partial charge < -0.3 is 9.88 Å². The van der Waals surface area contributed by atoms with Crippen LogP contribution in [0.1, 0.15) is 46.7 Å². The zero-order valence-electron chi connectivity index (χ0n) is 16.1. The molecule has 1 amide bonds. The number of nitrogens with one attached hydrogen (secondary N) is 1. The van der Waals surface area contributed by atoms with Gasteiger partial charge >= 0.3 is 0 Å². The molecule has 1 saturated heterocycles. The molecule has 2 aliphatic rings. The van der Waals surface area contributed by atoms with E-state index in [-0.39, 0.29) is 28.0 Å². The minimum absolute atomic E-state index is 0.0685. The molecular formula is C21H21N5O3. The van der Waals surface area contributed by atoms with Crippen LogP contribution in [0.15, 0.2) is 40.2 Å². The molecule has 1 atom stereocenters. The van der Waals surface area contributed by atoms with Gasteiger partial charge in [-0.1, -0.05) is 6.07 Å². The number of pyridine rings is 1. The molecule has 8 nitrogen and oxygen atoms in total. The van der Waals surface area contributed by atoms with Gasteiger partial charge in [0.05, 0.1) is 5.69 Å². The van der Waals surface area contributed by atoms with Crippen LogP contribution in [0.5, 0.6) is 0 Å². The molecule has 0 bridgehead atoms. The number of aromatic amines is 1. The number of likely N-dealkylation sites (tertiary alicyclic amines) is 1. The third-order valence-electron chi connectivity index (χ3n) is 6.20. The van der Waals surface area contributed by atoms with Gasteiger partial charge in [-0.05, 0) is 44.7 Å². The van der Waals surface area contributed by atoms with Crippen LogP contribution in [-0.4, -0.2) is 43.2 Å². The summed E-state index contributed by atoms with van der Waals surface area (Å²) in [5.41, 5.74) is 1.37. The van der Waals surface area contributed by atoms with E-state index in [1.165, 1.54) is 10.6 Å². The van der Waals surface area contributed by atoms with Crippen LogP contribution in [0, 0.1) is 6.92 Å².